The predicted molar refractivity (Wildman–Crippen MR) is 109 cm³/mol. The van der Waals surface area contributed by atoms with Crippen LogP contribution in [0.1, 0.15) is 26.7 Å². The van der Waals surface area contributed by atoms with Gasteiger partial charge < -0.3 is 20.3 Å². The third kappa shape index (κ3) is 4.56. The van der Waals surface area contributed by atoms with E-state index < -0.39 is 20.7 Å². The Labute approximate surface area is 168 Å². The van der Waals surface area contributed by atoms with Crippen molar-refractivity contribution in [2.75, 3.05) is 59.5 Å². The van der Waals surface area contributed by atoms with Crippen LogP contribution in [0.3, 0.4) is 0 Å². The molecule has 2 N–H and O–H groups in total. The molecule has 2 heterocycles. The lowest BCUT2D eigenvalue weighted by Crippen LogP contribution is -2.63. The molecule has 9 nitrogen and oxygen atoms in total. The fourth-order valence-corrected chi connectivity index (χ4v) is 5.96. The zero-order valence-corrected chi connectivity index (χ0v) is 17.9. The average molecular weight is 416 g/mol. The van der Waals surface area contributed by atoms with Crippen LogP contribution in [0.25, 0.3) is 0 Å². The summed E-state index contributed by atoms with van der Waals surface area (Å²) in [7, 11) is -2.21. The van der Waals surface area contributed by atoms with E-state index in [2.05, 4.69) is 14.8 Å². The van der Waals surface area contributed by atoms with Gasteiger partial charge in [0.05, 0.1) is 6.61 Å². The molecular weight excluding hydrogens is 382 g/mol. The van der Waals surface area contributed by atoms with Crippen LogP contribution >= 0.6 is 0 Å². The number of carbonyl (C=O) groups excluding carboxylic acids is 1. The third-order valence-electron chi connectivity index (χ3n) is 5.64. The van der Waals surface area contributed by atoms with E-state index >= 15 is 0 Å². The summed E-state index contributed by atoms with van der Waals surface area (Å²) < 4.78 is 31.8. The summed E-state index contributed by atoms with van der Waals surface area (Å²) in [6.45, 7) is 7.78. The van der Waals surface area contributed by atoms with Crippen LogP contribution in [0.2, 0.25) is 0 Å². The van der Waals surface area contributed by atoms with Gasteiger partial charge in [-0.15, -0.1) is 0 Å². The van der Waals surface area contributed by atoms with Crippen molar-refractivity contribution in [1.82, 2.24) is 14.1 Å². The molecule has 0 bridgehead atoms. The van der Waals surface area contributed by atoms with Gasteiger partial charge in [-0.2, -0.15) is 4.31 Å². The molecule has 2 fully saturated rings. The number of primary amides is 1. The van der Waals surface area contributed by atoms with Crippen LogP contribution < -0.4 is 5.73 Å². The molecule has 1 amide bonds. The number of piperidine rings is 1. The molecule has 0 aromatic carbocycles. The largest absolute Gasteiger partial charge is 0.383 e. The van der Waals surface area contributed by atoms with E-state index in [-0.39, 0.29) is 12.8 Å². The standard InChI is InChI=1S/C18H33N5O4S/c1-4-16(20-5-2)22-10-12-23(13-11-22)28(25,26)18(17(19)24)6-8-21(9-7-18)14-15-27-3/h4-5H,6-15H2,1-3H3,(H2,19,24)/b16-4+,20-5-. The Kier molecular flexibility index (Phi) is 7.99. The maximum absolute atomic E-state index is 13.4. The van der Waals surface area contributed by atoms with Crippen molar-refractivity contribution in [2.45, 2.75) is 31.4 Å². The molecule has 10 heteroatoms. The van der Waals surface area contributed by atoms with Gasteiger partial charge in [0.15, 0.2) is 4.75 Å². The molecular formula is C18H33N5O4S. The normalized spacial score (nSPS) is 22.7. The molecule has 2 rings (SSSR count). The number of rotatable bonds is 8. The number of aliphatic imine (C=N–C) groups is 1. The van der Waals surface area contributed by atoms with Crippen LogP contribution in [-0.2, 0) is 19.6 Å². The van der Waals surface area contributed by atoms with Gasteiger partial charge in [-0.3, -0.25) is 4.79 Å². The molecule has 0 unspecified atom stereocenters. The highest BCUT2D eigenvalue weighted by Gasteiger charge is 2.53. The average Bonchev–Trinajstić information content (AvgIpc) is 2.70. The first-order valence-electron chi connectivity index (χ1n) is 9.73. The maximum Gasteiger partial charge on any atom is 0.240 e. The number of hydrogen-bond acceptors (Lipinski definition) is 7. The summed E-state index contributed by atoms with van der Waals surface area (Å²) in [5.74, 6) is 0.0849. The van der Waals surface area contributed by atoms with Crippen LogP contribution in [0.5, 0.6) is 0 Å². The van der Waals surface area contributed by atoms with Gasteiger partial charge in [0.2, 0.25) is 15.9 Å². The van der Waals surface area contributed by atoms with E-state index in [1.54, 1.807) is 13.3 Å². The summed E-state index contributed by atoms with van der Waals surface area (Å²) in [6, 6.07) is 0. The third-order valence-corrected chi connectivity index (χ3v) is 8.28. The molecule has 0 atom stereocenters. The van der Waals surface area contributed by atoms with Gasteiger partial charge in [0.25, 0.3) is 0 Å². The number of nitrogens with zero attached hydrogens (tertiary/aromatic N) is 4. The number of methoxy groups -OCH3 is 1. The fourth-order valence-electron chi connectivity index (χ4n) is 3.87. The lowest BCUT2D eigenvalue weighted by Gasteiger charge is -2.43. The summed E-state index contributed by atoms with van der Waals surface area (Å²) in [5, 5.41) is 0. The van der Waals surface area contributed by atoms with Gasteiger partial charge in [-0.05, 0) is 32.8 Å². The van der Waals surface area contributed by atoms with Crippen molar-refractivity contribution in [3.8, 4) is 0 Å². The molecule has 0 saturated carbocycles. The minimum Gasteiger partial charge on any atom is -0.383 e. The highest BCUT2D eigenvalue weighted by atomic mass is 32.2. The van der Waals surface area contributed by atoms with E-state index in [1.807, 2.05) is 19.9 Å². The van der Waals surface area contributed by atoms with Crippen LogP contribution in [0.15, 0.2) is 16.9 Å². The Morgan fingerprint density at radius 1 is 1.14 bits per heavy atom. The monoisotopic (exact) mass is 415 g/mol. The second-order valence-electron chi connectivity index (χ2n) is 7.12. The van der Waals surface area contributed by atoms with E-state index in [0.717, 1.165) is 5.82 Å². The van der Waals surface area contributed by atoms with Crippen LogP contribution in [0.4, 0.5) is 0 Å². The molecule has 28 heavy (non-hydrogen) atoms. The van der Waals surface area contributed by atoms with Crippen LogP contribution in [0, 0.1) is 0 Å². The summed E-state index contributed by atoms with van der Waals surface area (Å²) in [6.07, 6.45) is 4.06. The second-order valence-corrected chi connectivity index (χ2v) is 9.37. The van der Waals surface area contributed by atoms with E-state index in [0.29, 0.717) is 52.4 Å². The lowest BCUT2D eigenvalue weighted by atomic mass is 9.95. The lowest BCUT2D eigenvalue weighted by molar-refractivity contribution is -0.121. The van der Waals surface area contributed by atoms with Crippen molar-refractivity contribution in [2.24, 2.45) is 10.7 Å². The highest BCUT2D eigenvalue weighted by molar-refractivity contribution is 7.91. The van der Waals surface area contributed by atoms with Gasteiger partial charge in [0.1, 0.15) is 5.82 Å². The van der Waals surface area contributed by atoms with E-state index in [1.165, 1.54) is 4.31 Å². The van der Waals surface area contributed by atoms with Crippen molar-refractivity contribution in [1.29, 1.82) is 0 Å². The van der Waals surface area contributed by atoms with Gasteiger partial charge >= 0.3 is 0 Å². The van der Waals surface area contributed by atoms with Gasteiger partial charge in [0, 0.05) is 59.1 Å². The molecule has 160 valence electrons. The number of allylic oxidation sites excluding steroid dienone is 1. The van der Waals surface area contributed by atoms with E-state index in [9.17, 15) is 13.2 Å². The zero-order valence-electron chi connectivity index (χ0n) is 17.1. The molecule has 0 aromatic rings. The molecule has 2 saturated heterocycles. The fraction of sp³-hybridized carbons (Fsp3) is 0.778. The number of amides is 1. The van der Waals surface area contributed by atoms with Crippen molar-refractivity contribution < 1.29 is 17.9 Å². The predicted octanol–water partition coefficient (Wildman–Crippen LogP) is -0.148. The molecule has 2 aliphatic heterocycles. The number of likely N-dealkylation sites (tertiary alicyclic amines) is 1. The number of nitrogens with two attached hydrogens (primary N) is 1. The Hall–Kier alpha value is -1.49. The Bertz CT molecular complexity index is 691. The van der Waals surface area contributed by atoms with Crippen molar-refractivity contribution in [3.63, 3.8) is 0 Å². The maximum atomic E-state index is 13.4. The molecule has 2 aliphatic rings. The smallest absolute Gasteiger partial charge is 0.240 e. The Morgan fingerprint density at radius 2 is 1.75 bits per heavy atom. The topological polar surface area (TPSA) is 109 Å². The number of piperazine rings is 1. The molecule has 0 spiro atoms. The number of sulfonamides is 1. The van der Waals surface area contributed by atoms with Gasteiger partial charge in [-0.1, -0.05) is 0 Å². The number of carbonyl (C=O) groups is 1. The zero-order chi connectivity index (χ0) is 20.8. The highest BCUT2D eigenvalue weighted by Crippen LogP contribution is 2.34. The number of ether oxygens (including phenoxy) is 1. The first kappa shape index (κ1) is 22.8. The minimum atomic E-state index is -3.84. The second kappa shape index (κ2) is 9.82. The van der Waals surface area contributed by atoms with Crippen LogP contribution in [-0.4, -0.2) is 98.9 Å². The SMILES string of the molecule is C/C=N\C(=C/C)N1CCN(S(=O)(=O)C2(C(N)=O)CCN(CCOC)CC2)CC1. The Morgan fingerprint density at radius 3 is 2.21 bits per heavy atom. The summed E-state index contributed by atoms with van der Waals surface area (Å²) >= 11 is 0. The van der Waals surface area contributed by atoms with Crippen molar-refractivity contribution in [3.05, 3.63) is 11.9 Å². The molecule has 0 aromatic heterocycles. The summed E-state index contributed by atoms with van der Waals surface area (Å²) in [4.78, 5) is 20.8. The van der Waals surface area contributed by atoms with Gasteiger partial charge in [-0.25, -0.2) is 13.4 Å². The summed E-state index contributed by atoms with van der Waals surface area (Å²) in [5.41, 5.74) is 5.65. The minimum absolute atomic E-state index is 0.217. The molecule has 0 radical (unpaired) electrons. The first-order valence-corrected chi connectivity index (χ1v) is 11.2. The Balaban J connectivity index is 2.10. The van der Waals surface area contributed by atoms with E-state index in [4.69, 9.17) is 10.5 Å². The quantitative estimate of drug-likeness (QED) is 0.553. The van der Waals surface area contributed by atoms with Crippen molar-refractivity contribution >= 4 is 22.1 Å². The first-order chi connectivity index (χ1) is 13.3. The number of hydrogen-bond donors (Lipinski definition) is 1. The molecule has 0 aliphatic carbocycles.